The number of aromatic nitrogens is 2. The summed E-state index contributed by atoms with van der Waals surface area (Å²) in [6, 6.07) is 0. The Bertz CT molecular complexity index is 518. The molecule has 0 aliphatic carbocycles. The van der Waals surface area contributed by atoms with Crippen molar-refractivity contribution in [3.8, 4) is 0 Å². The van der Waals surface area contributed by atoms with Gasteiger partial charge in [0.25, 0.3) is 0 Å². The summed E-state index contributed by atoms with van der Waals surface area (Å²) in [7, 11) is 1.71. The molecule has 1 aliphatic rings. The number of anilines is 2. The molecule has 2 heterocycles. The smallest absolute Gasteiger partial charge is 0.332 e. The molecule has 0 bridgehead atoms. The summed E-state index contributed by atoms with van der Waals surface area (Å²) < 4.78 is 0. The lowest BCUT2D eigenvalue weighted by Gasteiger charge is -2.19. The normalized spacial score (nSPS) is 18.6. The highest BCUT2D eigenvalue weighted by Gasteiger charge is 2.32. The quantitative estimate of drug-likeness (QED) is 0.672. The minimum Gasteiger partial charge on any atom is -0.357 e. The molecule has 0 saturated carbocycles. The van der Waals surface area contributed by atoms with Crippen LogP contribution < -0.4 is 10.2 Å². The lowest BCUT2D eigenvalue weighted by atomic mass is 9.95. The van der Waals surface area contributed by atoms with Crippen molar-refractivity contribution in [3.63, 3.8) is 0 Å². The number of nitrogens with one attached hydrogen (secondary N) is 1. The topological polar surface area (TPSA) is 84.2 Å². The molecule has 0 spiro atoms. The predicted octanol–water partition coefficient (Wildman–Crippen LogP) is 2.22. The molecule has 1 atom stereocenters. The van der Waals surface area contributed by atoms with Gasteiger partial charge in [0.2, 0.25) is 11.8 Å². The Kier molecular flexibility index (Phi) is 4.06. The van der Waals surface area contributed by atoms with E-state index in [0.29, 0.717) is 29.3 Å². The Morgan fingerprint density at radius 1 is 1.45 bits per heavy atom. The van der Waals surface area contributed by atoms with Gasteiger partial charge >= 0.3 is 5.69 Å². The van der Waals surface area contributed by atoms with Gasteiger partial charge in [-0.3, -0.25) is 10.1 Å². The lowest BCUT2D eigenvalue weighted by molar-refractivity contribution is -0.385. The van der Waals surface area contributed by atoms with Crippen LogP contribution in [0.4, 0.5) is 17.5 Å². The van der Waals surface area contributed by atoms with Crippen molar-refractivity contribution in [2.45, 2.75) is 27.2 Å². The van der Waals surface area contributed by atoms with E-state index >= 15 is 0 Å². The van der Waals surface area contributed by atoms with E-state index in [1.165, 1.54) is 0 Å². The van der Waals surface area contributed by atoms with Crippen LogP contribution in [0.25, 0.3) is 0 Å². The molecular weight excluding hydrogens is 258 g/mol. The molecule has 110 valence electrons. The molecule has 1 aromatic heterocycles. The van der Waals surface area contributed by atoms with Gasteiger partial charge in [0.1, 0.15) is 5.69 Å². The van der Waals surface area contributed by atoms with Crippen LogP contribution in [-0.2, 0) is 0 Å². The zero-order valence-corrected chi connectivity index (χ0v) is 12.4. The number of aryl methyl sites for hydroxylation is 1. The van der Waals surface area contributed by atoms with Crippen molar-refractivity contribution in [1.82, 2.24) is 9.97 Å². The fourth-order valence-electron chi connectivity index (χ4n) is 2.62. The zero-order chi connectivity index (χ0) is 14.9. The van der Waals surface area contributed by atoms with Gasteiger partial charge in [-0.2, -0.15) is 4.98 Å². The summed E-state index contributed by atoms with van der Waals surface area (Å²) in [5.41, 5.74) is 0.422. The second-order valence-electron chi connectivity index (χ2n) is 5.55. The lowest BCUT2D eigenvalue weighted by Crippen LogP contribution is -2.24. The maximum absolute atomic E-state index is 11.3. The number of hydrogen-bond acceptors (Lipinski definition) is 6. The van der Waals surface area contributed by atoms with E-state index in [-0.39, 0.29) is 10.6 Å². The fraction of sp³-hybridized carbons (Fsp3) is 0.692. The Balaban J connectivity index is 2.39. The second kappa shape index (κ2) is 5.60. The van der Waals surface area contributed by atoms with Gasteiger partial charge in [0.15, 0.2) is 0 Å². The first-order valence-corrected chi connectivity index (χ1v) is 6.89. The average Bonchev–Trinajstić information content (AvgIpc) is 2.86. The van der Waals surface area contributed by atoms with E-state index < -0.39 is 0 Å². The summed E-state index contributed by atoms with van der Waals surface area (Å²) >= 11 is 0. The van der Waals surface area contributed by atoms with E-state index in [0.717, 1.165) is 19.5 Å². The highest BCUT2D eigenvalue weighted by atomic mass is 16.6. The van der Waals surface area contributed by atoms with Gasteiger partial charge in [-0.25, -0.2) is 4.98 Å². The van der Waals surface area contributed by atoms with Gasteiger partial charge in [-0.05, 0) is 25.2 Å². The summed E-state index contributed by atoms with van der Waals surface area (Å²) in [5.74, 6) is 2.00. The van der Waals surface area contributed by atoms with Crippen molar-refractivity contribution in [2.75, 3.05) is 30.4 Å². The van der Waals surface area contributed by atoms with E-state index in [1.54, 1.807) is 14.0 Å². The Labute approximate surface area is 118 Å². The predicted molar refractivity (Wildman–Crippen MR) is 78.1 cm³/mol. The Morgan fingerprint density at radius 2 is 2.15 bits per heavy atom. The number of nitrogens with zero attached hydrogens (tertiary/aromatic N) is 4. The molecule has 1 saturated heterocycles. The van der Waals surface area contributed by atoms with Crippen molar-refractivity contribution >= 4 is 17.5 Å². The number of nitro groups is 1. The van der Waals surface area contributed by atoms with E-state index in [4.69, 9.17) is 0 Å². The van der Waals surface area contributed by atoms with Crippen LogP contribution >= 0.6 is 0 Å². The molecule has 1 aliphatic heterocycles. The van der Waals surface area contributed by atoms with Crippen molar-refractivity contribution in [2.24, 2.45) is 11.8 Å². The van der Waals surface area contributed by atoms with Crippen LogP contribution in [-0.4, -0.2) is 35.0 Å². The molecule has 0 amide bonds. The molecule has 2 rings (SSSR count). The first-order valence-electron chi connectivity index (χ1n) is 6.89. The first-order chi connectivity index (χ1) is 9.43. The maximum Gasteiger partial charge on any atom is 0.332 e. The van der Waals surface area contributed by atoms with Crippen LogP contribution in [0.15, 0.2) is 0 Å². The molecule has 0 radical (unpaired) electrons. The molecule has 1 fully saturated rings. The van der Waals surface area contributed by atoms with E-state index in [1.807, 2.05) is 4.90 Å². The minimum absolute atomic E-state index is 0.0217. The van der Waals surface area contributed by atoms with Crippen LogP contribution in [0.3, 0.4) is 0 Å². The van der Waals surface area contributed by atoms with Crippen molar-refractivity contribution in [3.05, 3.63) is 15.8 Å². The summed E-state index contributed by atoms with van der Waals surface area (Å²) in [4.78, 5) is 21.3. The highest BCUT2D eigenvalue weighted by Crippen LogP contribution is 2.34. The molecule has 7 heteroatoms. The van der Waals surface area contributed by atoms with Crippen LogP contribution in [0.2, 0.25) is 0 Å². The third kappa shape index (κ3) is 2.66. The SMILES string of the molecule is CNc1nc(C)c([N+](=O)[O-])c(N2CCC(C(C)C)C2)n1. The molecule has 0 aromatic carbocycles. The second-order valence-corrected chi connectivity index (χ2v) is 5.55. The van der Waals surface area contributed by atoms with Crippen LogP contribution in [0, 0.1) is 28.9 Å². The van der Waals surface area contributed by atoms with E-state index in [2.05, 4.69) is 29.1 Å². The number of rotatable bonds is 4. The monoisotopic (exact) mass is 279 g/mol. The fourth-order valence-corrected chi connectivity index (χ4v) is 2.62. The van der Waals surface area contributed by atoms with Gasteiger partial charge in [-0.15, -0.1) is 0 Å². The standard InChI is InChI=1S/C13H21N5O2/c1-8(2)10-5-6-17(7-10)12-11(18(19)20)9(3)15-13(14-4)16-12/h8,10H,5-7H2,1-4H3,(H,14,15,16). The number of hydrogen-bond donors (Lipinski definition) is 1. The summed E-state index contributed by atoms with van der Waals surface area (Å²) in [6.45, 7) is 7.65. The van der Waals surface area contributed by atoms with Crippen LogP contribution in [0.1, 0.15) is 26.0 Å². The van der Waals surface area contributed by atoms with Gasteiger partial charge in [-0.1, -0.05) is 13.8 Å². The Hall–Kier alpha value is -1.92. The molecule has 1 N–H and O–H groups in total. The van der Waals surface area contributed by atoms with E-state index in [9.17, 15) is 10.1 Å². The van der Waals surface area contributed by atoms with Crippen molar-refractivity contribution < 1.29 is 4.92 Å². The molecule has 1 unspecified atom stereocenters. The Morgan fingerprint density at radius 3 is 2.65 bits per heavy atom. The molecular formula is C13H21N5O2. The highest BCUT2D eigenvalue weighted by molar-refractivity contribution is 5.62. The average molecular weight is 279 g/mol. The minimum atomic E-state index is -0.382. The third-order valence-corrected chi connectivity index (χ3v) is 3.91. The zero-order valence-electron chi connectivity index (χ0n) is 12.4. The largest absolute Gasteiger partial charge is 0.357 e. The van der Waals surface area contributed by atoms with Crippen molar-refractivity contribution in [1.29, 1.82) is 0 Å². The van der Waals surface area contributed by atoms with Crippen LogP contribution in [0.5, 0.6) is 0 Å². The molecule has 20 heavy (non-hydrogen) atoms. The molecule has 7 nitrogen and oxygen atoms in total. The maximum atomic E-state index is 11.3. The molecule has 1 aromatic rings. The van der Waals surface area contributed by atoms with Gasteiger partial charge in [0.05, 0.1) is 4.92 Å². The first kappa shape index (κ1) is 14.5. The van der Waals surface area contributed by atoms with Gasteiger partial charge < -0.3 is 10.2 Å². The third-order valence-electron chi connectivity index (χ3n) is 3.91. The summed E-state index contributed by atoms with van der Waals surface area (Å²) in [6.07, 6.45) is 1.05. The summed E-state index contributed by atoms with van der Waals surface area (Å²) in [5, 5.41) is 14.2. The van der Waals surface area contributed by atoms with Gasteiger partial charge in [0, 0.05) is 20.1 Å².